The third-order valence-corrected chi connectivity index (χ3v) is 3.53. The first-order valence-electron chi connectivity index (χ1n) is 6.04. The lowest BCUT2D eigenvalue weighted by Crippen LogP contribution is -2.57. The molecule has 0 aromatic rings. The summed E-state index contributed by atoms with van der Waals surface area (Å²) in [5, 5.41) is 0. The third-order valence-electron chi connectivity index (χ3n) is 3.53. The van der Waals surface area contributed by atoms with Gasteiger partial charge >= 0.3 is 0 Å². The Hall–Kier alpha value is -0.0800. The zero-order valence-electron chi connectivity index (χ0n) is 10.5. The number of hydrogen-bond donors (Lipinski definition) is 0. The average Bonchev–Trinajstić information content (AvgIpc) is 2.16. The summed E-state index contributed by atoms with van der Waals surface area (Å²) in [4.78, 5) is 5.18. The molecule has 0 spiro atoms. The van der Waals surface area contributed by atoms with E-state index in [-0.39, 0.29) is 0 Å². The fraction of sp³-hybridized carbons (Fsp3) is 1.00. The van der Waals surface area contributed by atoms with Crippen LogP contribution in [0.25, 0.3) is 0 Å². The van der Waals surface area contributed by atoms with Crippen molar-refractivity contribution in [1.82, 2.24) is 9.80 Å². The lowest BCUT2D eigenvalue weighted by molar-refractivity contribution is -0.0319. The van der Waals surface area contributed by atoms with E-state index in [2.05, 4.69) is 44.5 Å². The fourth-order valence-electron chi connectivity index (χ4n) is 2.56. The lowest BCUT2D eigenvalue weighted by atomic mass is 9.99. The zero-order chi connectivity index (χ0) is 10.7. The van der Waals surface area contributed by atoms with Gasteiger partial charge in [-0.2, -0.15) is 0 Å². The molecule has 14 heavy (non-hydrogen) atoms. The Kier molecular flexibility index (Phi) is 4.39. The highest BCUT2D eigenvalue weighted by Crippen LogP contribution is 2.23. The van der Waals surface area contributed by atoms with Crippen molar-refractivity contribution in [2.45, 2.75) is 52.7 Å². The molecule has 0 aromatic carbocycles. The van der Waals surface area contributed by atoms with Gasteiger partial charge in [-0.05, 0) is 33.2 Å². The molecule has 1 heterocycles. The highest BCUT2D eigenvalue weighted by Gasteiger charge is 2.31. The highest BCUT2D eigenvalue weighted by atomic mass is 15.4. The molecule has 1 aliphatic rings. The van der Waals surface area contributed by atoms with E-state index in [1.54, 1.807) is 0 Å². The Labute approximate surface area is 89.3 Å². The largest absolute Gasteiger partial charge is 0.291 e. The molecule has 0 bridgehead atoms. The second-order valence-electron chi connectivity index (χ2n) is 4.96. The van der Waals surface area contributed by atoms with Gasteiger partial charge in [-0.15, -0.1) is 0 Å². The van der Waals surface area contributed by atoms with E-state index in [1.807, 2.05) is 0 Å². The molecule has 1 fully saturated rings. The van der Waals surface area contributed by atoms with E-state index in [1.165, 1.54) is 25.9 Å². The second kappa shape index (κ2) is 5.13. The summed E-state index contributed by atoms with van der Waals surface area (Å²) in [5.41, 5.74) is 0. The van der Waals surface area contributed by atoms with Crippen molar-refractivity contribution in [3.05, 3.63) is 0 Å². The van der Waals surface area contributed by atoms with E-state index >= 15 is 0 Å². The van der Waals surface area contributed by atoms with Crippen molar-refractivity contribution in [2.24, 2.45) is 5.92 Å². The normalized spacial score (nSPS) is 28.3. The molecule has 1 aliphatic heterocycles. The van der Waals surface area contributed by atoms with Crippen LogP contribution in [0.5, 0.6) is 0 Å². The summed E-state index contributed by atoms with van der Waals surface area (Å²) in [6, 6.07) is 0.678. The molecule has 1 saturated heterocycles. The van der Waals surface area contributed by atoms with Crippen LogP contribution in [0.3, 0.4) is 0 Å². The number of rotatable bonds is 3. The molecular weight excluding hydrogens is 172 g/mol. The summed E-state index contributed by atoms with van der Waals surface area (Å²) in [6.07, 6.45) is 3.26. The third kappa shape index (κ3) is 2.48. The van der Waals surface area contributed by atoms with E-state index in [0.717, 1.165) is 5.92 Å². The van der Waals surface area contributed by atoms with Crippen LogP contribution in [-0.4, -0.2) is 42.1 Å². The lowest BCUT2D eigenvalue weighted by Gasteiger charge is -2.47. The minimum absolute atomic E-state index is 0.661. The Bertz CT molecular complexity index is 164. The van der Waals surface area contributed by atoms with Gasteiger partial charge in [0, 0.05) is 19.1 Å². The molecule has 0 N–H and O–H groups in total. The topological polar surface area (TPSA) is 6.48 Å². The predicted octanol–water partition coefficient (Wildman–Crippen LogP) is 2.40. The fourth-order valence-corrected chi connectivity index (χ4v) is 2.56. The quantitative estimate of drug-likeness (QED) is 0.687. The van der Waals surface area contributed by atoms with Crippen LogP contribution in [0.1, 0.15) is 40.5 Å². The maximum atomic E-state index is 2.65. The van der Waals surface area contributed by atoms with Crippen LogP contribution in [0, 0.1) is 5.92 Å². The van der Waals surface area contributed by atoms with Crippen molar-refractivity contribution in [2.75, 3.05) is 20.1 Å². The Morgan fingerprint density at radius 2 is 1.86 bits per heavy atom. The van der Waals surface area contributed by atoms with E-state index in [0.29, 0.717) is 12.2 Å². The van der Waals surface area contributed by atoms with Gasteiger partial charge in [-0.1, -0.05) is 20.3 Å². The molecule has 2 nitrogen and oxygen atoms in total. The maximum absolute atomic E-state index is 2.65. The maximum Gasteiger partial charge on any atom is 0.0648 e. The summed E-state index contributed by atoms with van der Waals surface area (Å²) >= 11 is 0. The molecule has 84 valence electrons. The average molecular weight is 198 g/mol. The van der Waals surface area contributed by atoms with Crippen LogP contribution in [0.4, 0.5) is 0 Å². The van der Waals surface area contributed by atoms with Crippen LogP contribution in [0.15, 0.2) is 0 Å². The van der Waals surface area contributed by atoms with Crippen molar-refractivity contribution >= 4 is 0 Å². The minimum Gasteiger partial charge on any atom is -0.291 e. The van der Waals surface area contributed by atoms with Gasteiger partial charge in [0.2, 0.25) is 0 Å². The molecule has 2 heteroatoms. The SMILES string of the molecule is CCC(C)C1N(C)CCCN1C(C)C. The first-order chi connectivity index (χ1) is 6.57. The van der Waals surface area contributed by atoms with Crippen molar-refractivity contribution in [3.8, 4) is 0 Å². The van der Waals surface area contributed by atoms with E-state index in [4.69, 9.17) is 0 Å². The molecule has 2 atom stereocenters. The first kappa shape index (κ1) is 12.0. The van der Waals surface area contributed by atoms with Gasteiger partial charge < -0.3 is 0 Å². The molecular formula is C12H26N2. The standard InChI is InChI=1S/C12H26N2/c1-6-11(4)12-13(5)8-7-9-14(12)10(2)3/h10-12H,6-9H2,1-5H3. The Morgan fingerprint density at radius 3 is 2.36 bits per heavy atom. The van der Waals surface area contributed by atoms with Gasteiger partial charge in [0.15, 0.2) is 0 Å². The Morgan fingerprint density at radius 1 is 1.21 bits per heavy atom. The van der Waals surface area contributed by atoms with E-state index < -0.39 is 0 Å². The summed E-state index contributed by atoms with van der Waals surface area (Å²) in [6.45, 7) is 11.8. The van der Waals surface area contributed by atoms with Crippen LogP contribution in [0.2, 0.25) is 0 Å². The summed E-state index contributed by atoms with van der Waals surface area (Å²) < 4.78 is 0. The van der Waals surface area contributed by atoms with Gasteiger partial charge in [0.25, 0.3) is 0 Å². The number of nitrogens with zero attached hydrogens (tertiary/aromatic N) is 2. The predicted molar refractivity (Wildman–Crippen MR) is 62.3 cm³/mol. The summed E-state index contributed by atoms with van der Waals surface area (Å²) in [5.74, 6) is 0.780. The van der Waals surface area contributed by atoms with Gasteiger partial charge in [-0.3, -0.25) is 9.80 Å². The van der Waals surface area contributed by atoms with Crippen molar-refractivity contribution < 1.29 is 0 Å². The van der Waals surface area contributed by atoms with E-state index in [9.17, 15) is 0 Å². The molecule has 0 aromatic heterocycles. The zero-order valence-corrected chi connectivity index (χ0v) is 10.5. The number of hydrogen-bond acceptors (Lipinski definition) is 2. The van der Waals surface area contributed by atoms with Gasteiger partial charge in [-0.25, -0.2) is 0 Å². The molecule has 2 unspecified atom stereocenters. The molecule has 1 rings (SSSR count). The van der Waals surface area contributed by atoms with Gasteiger partial charge in [0.1, 0.15) is 0 Å². The Balaban J connectivity index is 2.70. The van der Waals surface area contributed by atoms with Crippen molar-refractivity contribution in [1.29, 1.82) is 0 Å². The molecule has 0 amide bonds. The van der Waals surface area contributed by atoms with Crippen LogP contribution in [-0.2, 0) is 0 Å². The second-order valence-corrected chi connectivity index (χ2v) is 4.96. The minimum atomic E-state index is 0.661. The monoisotopic (exact) mass is 198 g/mol. The van der Waals surface area contributed by atoms with Gasteiger partial charge in [0.05, 0.1) is 6.17 Å². The van der Waals surface area contributed by atoms with Crippen LogP contribution < -0.4 is 0 Å². The molecule has 0 radical (unpaired) electrons. The smallest absolute Gasteiger partial charge is 0.0648 e. The highest BCUT2D eigenvalue weighted by molar-refractivity contribution is 4.82. The molecule has 0 aliphatic carbocycles. The molecule has 0 saturated carbocycles. The van der Waals surface area contributed by atoms with Crippen molar-refractivity contribution in [3.63, 3.8) is 0 Å². The first-order valence-corrected chi connectivity index (χ1v) is 6.04. The summed E-state index contributed by atoms with van der Waals surface area (Å²) in [7, 11) is 2.27. The van der Waals surface area contributed by atoms with Crippen LogP contribution >= 0.6 is 0 Å².